The molecule has 20 heavy (non-hydrogen) atoms. The van der Waals surface area contributed by atoms with Crippen LogP contribution in [0.1, 0.15) is 57.0 Å². The van der Waals surface area contributed by atoms with Gasteiger partial charge in [-0.15, -0.1) is 0 Å². The third-order valence-electron chi connectivity index (χ3n) is 3.89. The molecule has 2 nitrogen and oxygen atoms in total. The SMILES string of the molecule is Cc1cc2nc(C(C)(C)C)cc(C(C)(C)N)c2cc1C. The van der Waals surface area contributed by atoms with E-state index in [1.54, 1.807) is 0 Å². The summed E-state index contributed by atoms with van der Waals surface area (Å²) in [5, 5.41) is 1.17. The lowest BCUT2D eigenvalue weighted by Crippen LogP contribution is -2.30. The molecule has 0 radical (unpaired) electrons. The first-order valence-electron chi connectivity index (χ1n) is 7.22. The maximum absolute atomic E-state index is 6.40. The second-order valence-electron chi connectivity index (χ2n) is 7.48. The smallest absolute Gasteiger partial charge is 0.0711 e. The molecule has 2 rings (SSSR count). The van der Waals surface area contributed by atoms with Crippen LogP contribution in [0.5, 0.6) is 0 Å². The Labute approximate surface area is 122 Å². The Morgan fingerprint density at radius 2 is 1.45 bits per heavy atom. The molecule has 108 valence electrons. The Bertz CT molecular complexity index is 656. The van der Waals surface area contributed by atoms with Crippen LogP contribution in [-0.4, -0.2) is 4.98 Å². The Hall–Kier alpha value is -1.41. The number of pyridine rings is 1. The second-order valence-corrected chi connectivity index (χ2v) is 7.48. The molecule has 0 spiro atoms. The molecule has 0 bridgehead atoms. The predicted molar refractivity (Wildman–Crippen MR) is 87.1 cm³/mol. The van der Waals surface area contributed by atoms with E-state index in [9.17, 15) is 0 Å². The van der Waals surface area contributed by atoms with Crippen LogP contribution in [0.3, 0.4) is 0 Å². The van der Waals surface area contributed by atoms with E-state index >= 15 is 0 Å². The molecule has 2 N–H and O–H groups in total. The molecular formula is C18H26N2. The first-order chi connectivity index (χ1) is 9.00. The zero-order valence-corrected chi connectivity index (χ0v) is 13.8. The number of rotatable bonds is 1. The van der Waals surface area contributed by atoms with Gasteiger partial charge in [-0.2, -0.15) is 0 Å². The van der Waals surface area contributed by atoms with Gasteiger partial charge in [0, 0.05) is 22.0 Å². The maximum Gasteiger partial charge on any atom is 0.0711 e. The van der Waals surface area contributed by atoms with Gasteiger partial charge in [-0.1, -0.05) is 20.8 Å². The number of benzene rings is 1. The van der Waals surface area contributed by atoms with E-state index in [1.807, 2.05) is 0 Å². The molecule has 0 atom stereocenters. The zero-order chi connectivity index (χ0) is 15.3. The molecule has 0 saturated heterocycles. The summed E-state index contributed by atoms with van der Waals surface area (Å²) in [6.45, 7) is 15.0. The molecule has 2 aromatic rings. The molecule has 0 unspecified atom stereocenters. The zero-order valence-electron chi connectivity index (χ0n) is 13.8. The number of nitrogens with two attached hydrogens (primary N) is 1. The van der Waals surface area contributed by atoms with Crippen LogP contribution in [0.15, 0.2) is 18.2 Å². The van der Waals surface area contributed by atoms with E-state index in [1.165, 1.54) is 22.1 Å². The van der Waals surface area contributed by atoms with Crippen molar-refractivity contribution in [1.29, 1.82) is 0 Å². The highest BCUT2D eigenvalue weighted by Crippen LogP contribution is 2.32. The summed E-state index contributed by atoms with van der Waals surface area (Å²) < 4.78 is 0. The van der Waals surface area contributed by atoms with Gasteiger partial charge in [-0.3, -0.25) is 4.98 Å². The fourth-order valence-electron chi connectivity index (χ4n) is 2.40. The molecular weight excluding hydrogens is 244 g/mol. The summed E-state index contributed by atoms with van der Waals surface area (Å²) in [6.07, 6.45) is 0. The number of hydrogen-bond acceptors (Lipinski definition) is 2. The van der Waals surface area contributed by atoms with Crippen molar-refractivity contribution in [2.75, 3.05) is 0 Å². The number of aryl methyl sites for hydroxylation is 2. The lowest BCUT2D eigenvalue weighted by atomic mass is 9.85. The van der Waals surface area contributed by atoms with E-state index < -0.39 is 0 Å². The molecule has 0 amide bonds. The standard InChI is InChI=1S/C18H26N2/c1-11-8-13-14(18(6,7)19)10-16(17(3,4)5)20-15(13)9-12(11)2/h8-10H,19H2,1-7H3. The van der Waals surface area contributed by atoms with Crippen molar-refractivity contribution in [2.24, 2.45) is 5.73 Å². The highest BCUT2D eigenvalue weighted by molar-refractivity contribution is 5.85. The van der Waals surface area contributed by atoms with E-state index in [0.29, 0.717) is 0 Å². The molecule has 1 aromatic heterocycles. The Kier molecular flexibility index (Phi) is 3.42. The van der Waals surface area contributed by atoms with Crippen molar-refractivity contribution in [2.45, 2.75) is 59.4 Å². The lowest BCUT2D eigenvalue weighted by molar-refractivity contribution is 0.542. The third-order valence-corrected chi connectivity index (χ3v) is 3.89. The van der Waals surface area contributed by atoms with Crippen LogP contribution < -0.4 is 5.73 Å². The first-order valence-corrected chi connectivity index (χ1v) is 7.22. The summed E-state index contributed by atoms with van der Waals surface area (Å²) in [7, 11) is 0. The van der Waals surface area contributed by atoms with Crippen molar-refractivity contribution in [3.8, 4) is 0 Å². The van der Waals surface area contributed by atoms with Gasteiger partial charge in [0.25, 0.3) is 0 Å². The van der Waals surface area contributed by atoms with Crippen LogP contribution in [-0.2, 0) is 11.0 Å². The average Bonchev–Trinajstić information content (AvgIpc) is 2.26. The average molecular weight is 270 g/mol. The minimum absolute atomic E-state index is 0.0208. The van der Waals surface area contributed by atoms with Crippen LogP contribution >= 0.6 is 0 Å². The van der Waals surface area contributed by atoms with Gasteiger partial charge in [0.05, 0.1) is 5.52 Å². The second kappa shape index (κ2) is 4.56. The summed E-state index contributed by atoms with van der Waals surface area (Å²) in [5.41, 5.74) is 11.9. The summed E-state index contributed by atoms with van der Waals surface area (Å²) in [4.78, 5) is 4.87. The quantitative estimate of drug-likeness (QED) is 0.837. The molecule has 0 aliphatic rings. The molecule has 1 heterocycles. The van der Waals surface area contributed by atoms with E-state index in [-0.39, 0.29) is 11.0 Å². The Morgan fingerprint density at radius 1 is 0.900 bits per heavy atom. The summed E-state index contributed by atoms with van der Waals surface area (Å²) >= 11 is 0. The van der Waals surface area contributed by atoms with Gasteiger partial charge in [0.2, 0.25) is 0 Å². The van der Waals surface area contributed by atoms with Crippen molar-refractivity contribution in [1.82, 2.24) is 4.98 Å². The fourth-order valence-corrected chi connectivity index (χ4v) is 2.40. The highest BCUT2D eigenvalue weighted by atomic mass is 14.8. The number of aromatic nitrogens is 1. The minimum Gasteiger partial charge on any atom is -0.322 e. The van der Waals surface area contributed by atoms with Crippen molar-refractivity contribution in [3.63, 3.8) is 0 Å². The first kappa shape index (κ1) is 15.0. The van der Waals surface area contributed by atoms with Gasteiger partial charge >= 0.3 is 0 Å². The monoisotopic (exact) mass is 270 g/mol. The molecule has 0 aliphatic carbocycles. The summed E-state index contributed by atoms with van der Waals surface area (Å²) in [5.74, 6) is 0. The van der Waals surface area contributed by atoms with Crippen LogP contribution in [0.25, 0.3) is 10.9 Å². The van der Waals surface area contributed by atoms with Gasteiger partial charge < -0.3 is 5.73 Å². The van der Waals surface area contributed by atoms with Crippen molar-refractivity contribution in [3.05, 3.63) is 40.6 Å². The van der Waals surface area contributed by atoms with Gasteiger partial charge in [0.15, 0.2) is 0 Å². The Morgan fingerprint density at radius 3 is 1.95 bits per heavy atom. The van der Waals surface area contributed by atoms with Gasteiger partial charge in [-0.25, -0.2) is 0 Å². The molecule has 2 heteroatoms. The van der Waals surface area contributed by atoms with Crippen molar-refractivity contribution >= 4 is 10.9 Å². The largest absolute Gasteiger partial charge is 0.322 e. The summed E-state index contributed by atoms with van der Waals surface area (Å²) in [6, 6.07) is 6.57. The highest BCUT2D eigenvalue weighted by Gasteiger charge is 2.23. The normalized spacial score (nSPS) is 13.0. The molecule has 0 saturated carbocycles. The molecule has 1 aromatic carbocycles. The maximum atomic E-state index is 6.40. The number of hydrogen-bond donors (Lipinski definition) is 1. The number of fused-ring (bicyclic) bond motifs is 1. The van der Waals surface area contributed by atoms with E-state index in [4.69, 9.17) is 10.7 Å². The van der Waals surface area contributed by atoms with Crippen LogP contribution in [0, 0.1) is 13.8 Å². The third kappa shape index (κ3) is 2.71. The van der Waals surface area contributed by atoms with Crippen molar-refractivity contribution < 1.29 is 0 Å². The Balaban J connectivity index is 2.89. The minimum atomic E-state index is -0.372. The number of nitrogens with zero attached hydrogens (tertiary/aromatic N) is 1. The topological polar surface area (TPSA) is 38.9 Å². The van der Waals surface area contributed by atoms with E-state index in [2.05, 4.69) is 66.7 Å². The van der Waals surface area contributed by atoms with E-state index in [0.717, 1.165) is 11.2 Å². The van der Waals surface area contributed by atoms with Gasteiger partial charge in [-0.05, 0) is 62.6 Å². The fraction of sp³-hybridized carbons (Fsp3) is 0.500. The predicted octanol–water partition coefficient (Wildman–Crippen LogP) is 4.34. The molecule has 0 fully saturated rings. The molecule has 0 aliphatic heterocycles. The lowest BCUT2D eigenvalue weighted by Gasteiger charge is -2.26. The van der Waals surface area contributed by atoms with Crippen LogP contribution in [0.4, 0.5) is 0 Å². The van der Waals surface area contributed by atoms with Crippen LogP contribution in [0.2, 0.25) is 0 Å². The van der Waals surface area contributed by atoms with Gasteiger partial charge in [0.1, 0.15) is 0 Å².